The van der Waals surface area contributed by atoms with Gasteiger partial charge in [0.05, 0.1) is 28.4 Å². The Kier molecular flexibility index (Phi) is 2.97. The summed E-state index contributed by atoms with van der Waals surface area (Å²) in [7, 11) is 0. The topological polar surface area (TPSA) is 111 Å². The lowest BCUT2D eigenvalue weighted by Gasteiger charge is -2.27. The molecule has 29 heavy (non-hydrogen) atoms. The van der Waals surface area contributed by atoms with E-state index in [1.54, 1.807) is 12.1 Å². The minimum Gasteiger partial charge on any atom is -0.494 e. The Labute approximate surface area is 165 Å². The van der Waals surface area contributed by atoms with E-state index in [0.717, 1.165) is 10.8 Å². The standard InChI is InChI=1S/C22H18N2O5/c1-21-15-16(22(29-21,8-9-25)18-17(21)28-18)20(27)24(19(15)26)14-7-6-11(10-23)12-4-2-3-5-13(12)14/h2-7,17-18,25-27H,8-9H2,1H3/t17-,18+,21+,22-/m0/s1. The van der Waals surface area contributed by atoms with E-state index in [1.807, 2.05) is 31.2 Å². The zero-order valence-electron chi connectivity index (χ0n) is 15.6. The normalized spacial score (nSPS) is 30.9. The molecule has 0 saturated carbocycles. The van der Waals surface area contributed by atoms with Crippen LogP contribution in [0.3, 0.4) is 0 Å². The van der Waals surface area contributed by atoms with Crippen LogP contribution in [0, 0.1) is 11.3 Å². The first-order chi connectivity index (χ1) is 14.0. The lowest BCUT2D eigenvalue weighted by Crippen LogP contribution is -2.31. The molecule has 146 valence electrons. The highest BCUT2D eigenvalue weighted by molar-refractivity contribution is 5.95. The van der Waals surface area contributed by atoms with Crippen LogP contribution in [0.15, 0.2) is 36.4 Å². The molecule has 4 heterocycles. The van der Waals surface area contributed by atoms with Crippen molar-refractivity contribution in [3.63, 3.8) is 0 Å². The number of ether oxygens (including phenoxy) is 2. The maximum absolute atomic E-state index is 11.3. The zero-order chi connectivity index (χ0) is 20.1. The molecule has 0 amide bonds. The molecular weight excluding hydrogens is 372 g/mol. The predicted molar refractivity (Wildman–Crippen MR) is 102 cm³/mol. The molecular formula is C22H18N2O5. The van der Waals surface area contributed by atoms with E-state index in [1.165, 1.54) is 4.57 Å². The van der Waals surface area contributed by atoms with E-state index in [-0.39, 0.29) is 37.0 Å². The van der Waals surface area contributed by atoms with Crippen LogP contribution in [0.5, 0.6) is 11.8 Å². The zero-order valence-corrected chi connectivity index (χ0v) is 15.6. The van der Waals surface area contributed by atoms with Gasteiger partial charge in [-0.25, -0.2) is 0 Å². The molecule has 3 aliphatic rings. The van der Waals surface area contributed by atoms with Crippen molar-refractivity contribution in [1.82, 2.24) is 4.57 Å². The molecule has 2 saturated heterocycles. The number of nitrogens with zero attached hydrogens (tertiary/aromatic N) is 2. The van der Waals surface area contributed by atoms with Gasteiger partial charge in [0.2, 0.25) is 11.8 Å². The fraction of sp³-hybridized carbons (Fsp3) is 0.318. The number of rotatable bonds is 3. The number of fused-ring (bicyclic) bond motifs is 9. The number of benzene rings is 2. The summed E-state index contributed by atoms with van der Waals surface area (Å²) in [6.45, 7) is 1.72. The van der Waals surface area contributed by atoms with Gasteiger partial charge in [0, 0.05) is 23.8 Å². The minimum atomic E-state index is -0.974. The Hall–Kier alpha value is -3.05. The van der Waals surface area contributed by atoms with Crippen molar-refractivity contribution in [3.05, 3.63) is 53.1 Å². The van der Waals surface area contributed by atoms with E-state index < -0.39 is 11.2 Å². The maximum atomic E-state index is 11.3. The summed E-state index contributed by atoms with van der Waals surface area (Å²) in [5, 5.41) is 43.0. The van der Waals surface area contributed by atoms with Crippen LogP contribution in [-0.2, 0) is 20.7 Å². The SMILES string of the molecule is C[C@@]12O[C@@](CCO)(c3c1c(O)n(-c1ccc(C#N)c4ccccc14)c3O)[C@@H]1O[C@@H]12. The molecule has 3 aromatic rings. The summed E-state index contributed by atoms with van der Waals surface area (Å²) in [4.78, 5) is 0. The highest BCUT2D eigenvalue weighted by atomic mass is 16.7. The number of hydrogen-bond donors (Lipinski definition) is 3. The Bertz CT molecular complexity index is 1260. The van der Waals surface area contributed by atoms with Crippen molar-refractivity contribution < 1.29 is 24.8 Å². The smallest absolute Gasteiger partial charge is 0.205 e. The number of aliphatic hydroxyl groups is 1. The number of aliphatic hydroxyl groups excluding tert-OH is 1. The van der Waals surface area contributed by atoms with E-state index in [2.05, 4.69) is 6.07 Å². The van der Waals surface area contributed by atoms with Gasteiger partial charge in [-0.1, -0.05) is 24.3 Å². The largest absolute Gasteiger partial charge is 0.494 e. The number of hydrogen-bond acceptors (Lipinski definition) is 6. The maximum Gasteiger partial charge on any atom is 0.205 e. The fourth-order valence-electron chi connectivity index (χ4n) is 5.47. The van der Waals surface area contributed by atoms with Gasteiger partial charge in [-0.2, -0.15) is 5.26 Å². The lowest BCUT2D eigenvalue weighted by molar-refractivity contribution is -0.149. The van der Waals surface area contributed by atoms with Crippen LogP contribution < -0.4 is 0 Å². The summed E-state index contributed by atoms with van der Waals surface area (Å²) in [5.74, 6) is -0.234. The minimum absolute atomic E-state index is 0.108. The van der Waals surface area contributed by atoms with E-state index in [4.69, 9.17) is 9.47 Å². The third kappa shape index (κ3) is 1.74. The van der Waals surface area contributed by atoms with Crippen molar-refractivity contribution in [1.29, 1.82) is 5.26 Å². The molecule has 0 unspecified atom stereocenters. The average molecular weight is 390 g/mol. The van der Waals surface area contributed by atoms with Crippen molar-refractivity contribution in [2.75, 3.05) is 6.61 Å². The molecule has 7 nitrogen and oxygen atoms in total. The molecule has 6 rings (SSSR count). The molecule has 4 atom stereocenters. The second-order valence-corrected chi connectivity index (χ2v) is 8.07. The van der Waals surface area contributed by atoms with Crippen LogP contribution >= 0.6 is 0 Å². The summed E-state index contributed by atoms with van der Waals surface area (Å²) < 4.78 is 13.5. The Morgan fingerprint density at radius 3 is 2.52 bits per heavy atom. The third-order valence-electron chi connectivity index (χ3n) is 6.67. The van der Waals surface area contributed by atoms with Crippen LogP contribution in [0.2, 0.25) is 0 Å². The summed E-state index contributed by atoms with van der Waals surface area (Å²) in [6.07, 6.45) is -0.187. The van der Waals surface area contributed by atoms with Gasteiger partial charge in [-0.05, 0) is 19.1 Å². The molecule has 0 spiro atoms. The van der Waals surface area contributed by atoms with Gasteiger partial charge in [0.25, 0.3) is 0 Å². The van der Waals surface area contributed by atoms with Gasteiger partial charge >= 0.3 is 0 Å². The van der Waals surface area contributed by atoms with E-state index in [9.17, 15) is 20.6 Å². The average Bonchev–Trinajstić information content (AvgIpc) is 3.38. The first-order valence-electron chi connectivity index (χ1n) is 9.54. The van der Waals surface area contributed by atoms with Crippen molar-refractivity contribution >= 4 is 10.8 Å². The van der Waals surface area contributed by atoms with E-state index in [0.29, 0.717) is 22.4 Å². The number of aromatic nitrogens is 1. The second-order valence-electron chi connectivity index (χ2n) is 8.07. The molecule has 2 bridgehead atoms. The van der Waals surface area contributed by atoms with Gasteiger partial charge in [-0.15, -0.1) is 0 Å². The van der Waals surface area contributed by atoms with Crippen molar-refractivity contribution in [2.24, 2.45) is 0 Å². The van der Waals surface area contributed by atoms with Gasteiger partial charge in [-0.3, -0.25) is 4.57 Å². The van der Waals surface area contributed by atoms with Gasteiger partial charge < -0.3 is 24.8 Å². The quantitative estimate of drug-likeness (QED) is 0.593. The molecule has 2 aromatic carbocycles. The van der Waals surface area contributed by atoms with Crippen molar-refractivity contribution in [2.45, 2.75) is 36.8 Å². The first kappa shape index (κ1) is 16.9. The Morgan fingerprint density at radius 2 is 1.79 bits per heavy atom. The third-order valence-corrected chi connectivity index (χ3v) is 6.67. The molecule has 3 N–H and O–H groups in total. The summed E-state index contributed by atoms with van der Waals surface area (Å²) >= 11 is 0. The summed E-state index contributed by atoms with van der Waals surface area (Å²) in [5.41, 5.74) is 0.225. The molecule has 3 aliphatic heterocycles. The highest BCUT2D eigenvalue weighted by Gasteiger charge is 2.79. The Balaban J connectivity index is 1.66. The molecule has 0 aliphatic carbocycles. The molecule has 7 heteroatoms. The predicted octanol–water partition coefficient (Wildman–Crippen LogP) is 2.52. The first-order valence-corrected chi connectivity index (χ1v) is 9.54. The monoisotopic (exact) mass is 390 g/mol. The number of aromatic hydroxyl groups is 2. The van der Waals surface area contributed by atoms with Gasteiger partial charge in [0.1, 0.15) is 23.4 Å². The fourth-order valence-corrected chi connectivity index (χ4v) is 5.47. The highest BCUT2D eigenvalue weighted by Crippen LogP contribution is 2.72. The second kappa shape index (κ2) is 5.10. The molecule has 1 aromatic heterocycles. The van der Waals surface area contributed by atoms with E-state index >= 15 is 0 Å². The molecule has 0 radical (unpaired) electrons. The number of epoxide rings is 1. The van der Waals surface area contributed by atoms with Gasteiger partial charge in [0.15, 0.2) is 0 Å². The molecule has 2 fully saturated rings. The van der Waals surface area contributed by atoms with Crippen LogP contribution in [0.25, 0.3) is 16.5 Å². The van der Waals surface area contributed by atoms with Crippen molar-refractivity contribution in [3.8, 4) is 23.5 Å². The van der Waals surface area contributed by atoms with Crippen LogP contribution in [-0.4, -0.2) is 38.7 Å². The summed E-state index contributed by atoms with van der Waals surface area (Å²) in [6, 6.07) is 13.0. The van der Waals surface area contributed by atoms with Crippen LogP contribution in [0.4, 0.5) is 0 Å². The van der Waals surface area contributed by atoms with Crippen LogP contribution in [0.1, 0.15) is 30.0 Å². The lowest BCUT2D eigenvalue weighted by atomic mass is 9.78. The number of nitriles is 1. The Morgan fingerprint density at radius 1 is 1.07 bits per heavy atom.